The van der Waals surface area contributed by atoms with Crippen LogP contribution in [0.1, 0.15) is 20.3 Å². The highest BCUT2D eigenvalue weighted by molar-refractivity contribution is 5.19. The molecular formula is C8H12N. The summed E-state index contributed by atoms with van der Waals surface area (Å²) in [4.78, 5) is 0. The van der Waals surface area contributed by atoms with E-state index in [1.807, 2.05) is 0 Å². The van der Waals surface area contributed by atoms with Crippen molar-refractivity contribution in [2.75, 3.05) is 0 Å². The average Bonchev–Trinajstić information content (AvgIpc) is 1.90. The van der Waals surface area contributed by atoms with Crippen molar-refractivity contribution in [2.24, 2.45) is 0 Å². The molecule has 0 aliphatic carbocycles. The highest BCUT2D eigenvalue weighted by atomic mass is 14.9. The maximum atomic E-state index is 3.11. The Bertz CT molecular complexity index is 145. The lowest BCUT2D eigenvalue weighted by Crippen LogP contribution is -2.21. The molecule has 0 aromatic carbocycles. The van der Waals surface area contributed by atoms with Crippen molar-refractivity contribution in [2.45, 2.75) is 26.3 Å². The molecule has 0 spiro atoms. The largest absolute Gasteiger partial charge is 0.377 e. The maximum Gasteiger partial charge on any atom is 0.0615 e. The van der Waals surface area contributed by atoms with Crippen molar-refractivity contribution in [1.82, 2.24) is 5.32 Å². The van der Waals surface area contributed by atoms with Gasteiger partial charge in [-0.1, -0.05) is 19.1 Å². The Morgan fingerprint density at radius 3 is 3.00 bits per heavy atom. The van der Waals surface area contributed by atoms with E-state index in [-0.39, 0.29) is 0 Å². The first-order valence-corrected chi connectivity index (χ1v) is 3.38. The molecule has 1 N–H and O–H groups in total. The van der Waals surface area contributed by atoms with Gasteiger partial charge in [0.05, 0.1) is 6.20 Å². The van der Waals surface area contributed by atoms with Gasteiger partial charge in [0.1, 0.15) is 0 Å². The molecular weight excluding hydrogens is 110 g/mol. The molecule has 0 aromatic rings. The quantitative estimate of drug-likeness (QED) is 0.557. The van der Waals surface area contributed by atoms with Crippen LogP contribution in [0.15, 0.2) is 17.7 Å². The smallest absolute Gasteiger partial charge is 0.0615 e. The maximum absolute atomic E-state index is 3.11. The molecule has 1 aliphatic rings. The molecule has 0 aromatic heterocycles. The molecule has 0 amide bonds. The number of rotatable bonds is 1. The third kappa shape index (κ3) is 1.60. The molecule has 1 heteroatoms. The van der Waals surface area contributed by atoms with E-state index in [2.05, 4.69) is 37.5 Å². The van der Waals surface area contributed by atoms with E-state index in [1.165, 1.54) is 5.57 Å². The molecule has 1 unspecified atom stereocenters. The summed E-state index contributed by atoms with van der Waals surface area (Å²) in [5.41, 5.74) is 1.26. The predicted molar refractivity (Wildman–Crippen MR) is 38.8 cm³/mol. The third-order valence-corrected chi connectivity index (χ3v) is 1.43. The van der Waals surface area contributed by atoms with Gasteiger partial charge in [0.15, 0.2) is 0 Å². The van der Waals surface area contributed by atoms with Gasteiger partial charge in [-0.05, 0) is 18.9 Å². The summed E-state index contributed by atoms with van der Waals surface area (Å²) in [7, 11) is 0. The Kier molecular flexibility index (Phi) is 1.93. The number of nitrogens with one attached hydrogen (secondary N) is 1. The van der Waals surface area contributed by atoms with Crippen LogP contribution in [0.25, 0.3) is 0 Å². The van der Waals surface area contributed by atoms with E-state index in [9.17, 15) is 0 Å². The Morgan fingerprint density at radius 2 is 2.56 bits per heavy atom. The molecule has 0 saturated heterocycles. The van der Waals surface area contributed by atoms with Gasteiger partial charge >= 0.3 is 0 Å². The second kappa shape index (κ2) is 2.72. The SMILES string of the molecule is CCC1=[C]NC(C)C=C1. The van der Waals surface area contributed by atoms with E-state index < -0.39 is 0 Å². The van der Waals surface area contributed by atoms with Gasteiger partial charge in [-0.3, -0.25) is 0 Å². The van der Waals surface area contributed by atoms with Crippen molar-refractivity contribution in [3.8, 4) is 0 Å². The van der Waals surface area contributed by atoms with Gasteiger partial charge in [0.2, 0.25) is 0 Å². The average molecular weight is 122 g/mol. The fourth-order valence-electron chi connectivity index (χ4n) is 0.763. The molecule has 0 fully saturated rings. The first-order valence-electron chi connectivity index (χ1n) is 3.38. The van der Waals surface area contributed by atoms with Crippen molar-refractivity contribution in [3.63, 3.8) is 0 Å². The summed E-state index contributed by atoms with van der Waals surface area (Å²) >= 11 is 0. The molecule has 1 heterocycles. The summed E-state index contributed by atoms with van der Waals surface area (Å²) in [5, 5.41) is 3.11. The number of allylic oxidation sites excluding steroid dienone is 2. The minimum atomic E-state index is 0.459. The van der Waals surface area contributed by atoms with Gasteiger partial charge in [-0.15, -0.1) is 0 Å². The number of hydrogen-bond donors (Lipinski definition) is 1. The minimum Gasteiger partial charge on any atom is -0.377 e. The van der Waals surface area contributed by atoms with Gasteiger partial charge in [0.25, 0.3) is 0 Å². The fourth-order valence-corrected chi connectivity index (χ4v) is 0.763. The van der Waals surface area contributed by atoms with E-state index in [1.54, 1.807) is 0 Å². The standard InChI is InChI=1S/C8H12N/c1-3-8-5-4-7(2)9-6-8/h4-5,7,9H,3H2,1-2H3. The third-order valence-electron chi connectivity index (χ3n) is 1.43. The molecule has 1 atom stereocenters. The van der Waals surface area contributed by atoms with E-state index in [4.69, 9.17) is 0 Å². The lowest BCUT2D eigenvalue weighted by atomic mass is 10.1. The lowest BCUT2D eigenvalue weighted by molar-refractivity contribution is 0.728. The van der Waals surface area contributed by atoms with Gasteiger partial charge < -0.3 is 5.32 Å². The Labute approximate surface area is 56.5 Å². The minimum absolute atomic E-state index is 0.459. The van der Waals surface area contributed by atoms with Crippen LogP contribution in [-0.2, 0) is 0 Å². The van der Waals surface area contributed by atoms with Crippen LogP contribution >= 0.6 is 0 Å². The first kappa shape index (κ1) is 6.40. The van der Waals surface area contributed by atoms with Crippen LogP contribution < -0.4 is 5.32 Å². The second-order valence-electron chi connectivity index (χ2n) is 2.30. The zero-order valence-electron chi connectivity index (χ0n) is 5.94. The van der Waals surface area contributed by atoms with E-state index >= 15 is 0 Å². The Balaban J connectivity index is 2.52. The van der Waals surface area contributed by atoms with Crippen LogP contribution in [0, 0.1) is 6.20 Å². The fraction of sp³-hybridized carbons (Fsp3) is 0.500. The number of dihydropyridines is 1. The zero-order valence-corrected chi connectivity index (χ0v) is 5.94. The summed E-state index contributed by atoms with van der Waals surface area (Å²) in [6, 6.07) is 0.459. The highest BCUT2D eigenvalue weighted by Crippen LogP contribution is 2.05. The summed E-state index contributed by atoms with van der Waals surface area (Å²) in [6.07, 6.45) is 8.44. The summed E-state index contributed by atoms with van der Waals surface area (Å²) < 4.78 is 0. The molecule has 1 rings (SSSR count). The molecule has 9 heavy (non-hydrogen) atoms. The summed E-state index contributed by atoms with van der Waals surface area (Å²) in [6.45, 7) is 4.24. The molecule has 0 saturated carbocycles. The van der Waals surface area contributed by atoms with Crippen LogP contribution in [0.4, 0.5) is 0 Å². The van der Waals surface area contributed by atoms with Gasteiger partial charge in [-0.25, -0.2) is 0 Å². The van der Waals surface area contributed by atoms with Gasteiger partial charge in [-0.2, -0.15) is 0 Å². The van der Waals surface area contributed by atoms with Crippen molar-refractivity contribution >= 4 is 0 Å². The van der Waals surface area contributed by atoms with Crippen LogP contribution in [0.3, 0.4) is 0 Å². The topological polar surface area (TPSA) is 12.0 Å². The molecule has 1 aliphatic heterocycles. The van der Waals surface area contributed by atoms with E-state index in [0.29, 0.717) is 6.04 Å². The normalized spacial score (nSPS) is 25.1. The van der Waals surface area contributed by atoms with Crippen LogP contribution in [0.2, 0.25) is 0 Å². The van der Waals surface area contributed by atoms with Crippen LogP contribution in [0.5, 0.6) is 0 Å². The van der Waals surface area contributed by atoms with Crippen LogP contribution in [-0.4, -0.2) is 6.04 Å². The van der Waals surface area contributed by atoms with Crippen molar-refractivity contribution < 1.29 is 0 Å². The van der Waals surface area contributed by atoms with E-state index in [0.717, 1.165) is 6.42 Å². The Morgan fingerprint density at radius 1 is 1.78 bits per heavy atom. The van der Waals surface area contributed by atoms with Crippen molar-refractivity contribution in [1.29, 1.82) is 0 Å². The molecule has 0 bridgehead atoms. The molecule has 1 nitrogen and oxygen atoms in total. The summed E-state index contributed by atoms with van der Waals surface area (Å²) in [5.74, 6) is 0. The van der Waals surface area contributed by atoms with Gasteiger partial charge in [0, 0.05) is 6.04 Å². The predicted octanol–water partition coefficient (Wildman–Crippen LogP) is 1.63. The molecule has 1 radical (unpaired) electrons. The second-order valence-corrected chi connectivity index (χ2v) is 2.30. The molecule has 49 valence electrons. The highest BCUT2D eigenvalue weighted by Gasteiger charge is 1.99. The first-order chi connectivity index (χ1) is 4.33. The number of hydrogen-bond acceptors (Lipinski definition) is 1. The zero-order chi connectivity index (χ0) is 6.69. The lowest BCUT2D eigenvalue weighted by Gasteiger charge is -2.11. The van der Waals surface area contributed by atoms with Crippen molar-refractivity contribution in [3.05, 3.63) is 23.9 Å². The monoisotopic (exact) mass is 122 g/mol. The Hall–Kier alpha value is -0.720.